The number of hydrogen-bond donors (Lipinski definition) is 1. The summed E-state index contributed by atoms with van der Waals surface area (Å²) in [5.41, 5.74) is 2.19. The number of nitrogens with one attached hydrogen (secondary N) is 1. The van der Waals surface area contributed by atoms with Gasteiger partial charge in [-0.2, -0.15) is 5.10 Å². The second-order valence-corrected chi connectivity index (χ2v) is 8.27. The summed E-state index contributed by atoms with van der Waals surface area (Å²) in [5.74, 6) is -1.73. The van der Waals surface area contributed by atoms with Crippen molar-refractivity contribution in [2.24, 2.45) is 0 Å². The fourth-order valence-corrected chi connectivity index (χ4v) is 4.26. The molecule has 1 aromatic carbocycles. The number of aryl methyl sites for hydroxylation is 2. The molecule has 32 heavy (non-hydrogen) atoms. The largest absolute Gasteiger partial charge is 0.462 e. The van der Waals surface area contributed by atoms with Crippen molar-refractivity contribution in [3.05, 3.63) is 68.8 Å². The van der Waals surface area contributed by atoms with E-state index in [1.54, 1.807) is 26.8 Å². The van der Waals surface area contributed by atoms with Crippen LogP contribution in [0.5, 0.6) is 0 Å². The summed E-state index contributed by atoms with van der Waals surface area (Å²) in [5, 5.41) is 7.52. The van der Waals surface area contributed by atoms with Gasteiger partial charge in [0.25, 0.3) is 5.91 Å². The SMILES string of the molecule is CCOC(=O)c1sc(NC(=O)COC(=O)c2c(C)nn(Cc3ccccc3)c2Cl)cc1C. The Hall–Kier alpha value is -3.17. The van der Waals surface area contributed by atoms with Crippen LogP contribution in [0, 0.1) is 13.8 Å². The molecule has 10 heteroatoms. The molecule has 1 N–H and O–H groups in total. The molecular weight excluding hydrogens is 454 g/mol. The first kappa shape index (κ1) is 23.5. The van der Waals surface area contributed by atoms with Crippen LogP contribution >= 0.6 is 22.9 Å². The topological polar surface area (TPSA) is 99.5 Å². The van der Waals surface area contributed by atoms with Crippen LogP contribution < -0.4 is 5.32 Å². The minimum atomic E-state index is -0.739. The van der Waals surface area contributed by atoms with E-state index in [0.717, 1.165) is 16.9 Å². The molecule has 3 aromatic rings. The van der Waals surface area contributed by atoms with E-state index in [4.69, 9.17) is 21.1 Å². The monoisotopic (exact) mass is 475 g/mol. The second-order valence-electron chi connectivity index (χ2n) is 6.86. The van der Waals surface area contributed by atoms with Crippen LogP contribution in [0.25, 0.3) is 0 Å². The van der Waals surface area contributed by atoms with Crippen LogP contribution in [0.2, 0.25) is 5.15 Å². The number of thiophene rings is 1. The molecule has 0 spiro atoms. The quantitative estimate of drug-likeness (QED) is 0.489. The summed E-state index contributed by atoms with van der Waals surface area (Å²) in [6, 6.07) is 11.2. The number of aromatic nitrogens is 2. The van der Waals surface area contributed by atoms with E-state index in [1.165, 1.54) is 4.68 Å². The van der Waals surface area contributed by atoms with Crippen molar-refractivity contribution in [2.75, 3.05) is 18.5 Å². The summed E-state index contributed by atoms with van der Waals surface area (Å²) in [6.45, 7) is 5.26. The second kappa shape index (κ2) is 10.4. The highest BCUT2D eigenvalue weighted by Crippen LogP contribution is 2.27. The molecule has 0 saturated heterocycles. The highest BCUT2D eigenvalue weighted by atomic mass is 35.5. The lowest BCUT2D eigenvalue weighted by molar-refractivity contribution is -0.119. The summed E-state index contributed by atoms with van der Waals surface area (Å²) < 4.78 is 11.6. The van der Waals surface area contributed by atoms with Crippen molar-refractivity contribution in [2.45, 2.75) is 27.3 Å². The molecule has 0 saturated carbocycles. The van der Waals surface area contributed by atoms with Gasteiger partial charge in [-0.3, -0.25) is 4.79 Å². The van der Waals surface area contributed by atoms with Gasteiger partial charge in [-0.15, -0.1) is 11.3 Å². The maximum absolute atomic E-state index is 12.5. The number of carbonyl (C=O) groups excluding carboxylic acids is 3. The normalized spacial score (nSPS) is 10.6. The lowest BCUT2D eigenvalue weighted by Gasteiger charge is -2.06. The van der Waals surface area contributed by atoms with Crippen LogP contribution in [-0.4, -0.2) is 40.8 Å². The molecule has 0 unspecified atom stereocenters. The summed E-state index contributed by atoms with van der Waals surface area (Å²) in [4.78, 5) is 37.1. The van der Waals surface area contributed by atoms with E-state index in [9.17, 15) is 14.4 Å². The van der Waals surface area contributed by atoms with E-state index >= 15 is 0 Å². The highest BCUT2D eigenvalue weighted by Gasteiger charge is 2.23. The Morgan fingerprint density at radius 3 is 2.53 bits per heavy atom. The molecule has 8 nitrogen and oxygen atoms in total. The molecule has 1 amide bonds. The van der Waals surface area contributed by atoms with Gasteiger partial charge >= 0.3 is 11.9 Å². The third-order valence-corrected chi connectivity index (χ3v) is 5.94. The van der Waals surface area contributed by atoms with E-state index in [-0.39, 0.29) is 17.3 Å². The maximum Gasteiger partial charge on any atom is 0.348 e. The van der Waals surface area contributed by atoms with Crippen molar-refractivity contribution in [3.8, 4) is 0 Å². The predicted octanol–water partition coefficient (Wildman–Crippen LogP) is 4.24. The first-order valence-electron chi connectivity index (χ1n) is 9.81. The van der Waals surface area contributed by atoms with Gasteiger partial charge in [0, 0.05) is 0 Å². The first-order chi connectivity index (χ1) is 15.3. The standard InChI is InChI=1S/C22H22ClN3O5S/c1-4-30-22(29)19-13(2)10-17(32-19)24-16(27)12-31-21(28)18-14(3)25-26(20(18)23)11-15-8-6-5-7-9-15/h5-10H,4,11-12H2,1-3H3,(H,24,27). The summed E-state index contributed by atoms with van der Waals surface area (Å²) >= 11 is 7.45. The molecule has 0 aliphatic rings. The third-order valence-electron chi connectivity index (χ3n) is 4.42. The molecular formula is C22H22ClN3O5S. The highest BCUT2D eigenvalue weighted by molar-refractivity contribution is 7.18. The molecule has 3 rings (SSSR count). The predicted molar refractivity (Wildman–Crippen MR) is 121 cm³/mol. The van der Waals surface area contributed by atoms with Gasteiger partial charge in [-0.1, -0.05) is 41.9 Å². The third kappa shape index (κ3) is 5.54. The Morgan fingerprint density at radius 1 is 1.12 bits per heavy atom. The zero-order valence-electron chi connectivity index (χ0n) is 17.8. The number of anilines is 1. The van der Waals surface area contributed by atoms with E-state index in [2.05, 4.69) is 10.4 Å². The number of halogens is 1. The smallest absolute Gasteiger partial charge is 0.348 e. The first-order valence-corrected chi connectivity index (χ1v) is 11.0. The fourth-order valence-electron chi connectivity index (χ4n) is 2.97. The van der Waals surface area contributed by atoms with Gasteiger partial charge in [0.15, 0.2) is 6.61 Å². The molecule has 2 aromatic heterocycles. The Labute approximate surface area is 194 Å². The van der Waals surface area contributed by atoms with Gasteiger partial charge in [0.05, 0.1) is 23.8 Å². The van der Waals surface area contributed by atoms with Crippen molar-refractivity contribution in [3.63, 3.8) is 0 Å². The maximum atomic E-state index is 12.5. The molecule has 2 heterocycles. The van der Waals surface area contributed by atoms with E-state index in [0.29, 0.717) is 27.7 Å². The molecule has 0 bridgehead atoms. The van der Waals surface area contributed by atoms with Gasteiger partial charge < -0.3 is 14.8 Å². The number of hydrogen-bond acceptors (Lipinski definition) is 7. The van der Waals surface area contributed by atoms with E-state index < -0.39 is 24.5 Å². The molecule has 0 aliphatic heterocycles. The number of rotatable bonds is 8. The minimum absolute atomic E-state index is 0.118. The van der Waals surface area contributed by atoms with Crippen LogP contribution in [0.4, 0.5) is 5.00 Å². The lowest BCUT2D eigenvalue weighted by Crippen LogP contribution is -2.20. The summed E-state index contributed by atoms with van der Waals surface area (Å²) in [7, 11) is 0. The van der Waals surface area contributed by atoms with Crippen LogP contribution in [-0.2, 0) is 20.8 Å². The van der Waals surface area contributed by atoms with Crippen molar-refractivity contribution in [1.29, 1.82) is 0 Å². The fraction of sp³-hybridized carbons (Fsp3) is 0.273. The lowest BCUT2D eigenvalue weighted by atomic mass is 10.2. The molecule has 0 atom stereocenters. The van der Waals surface area contributed by atoms with Gasteiger partial charge in [0.2, 0.25) is 0 Å². The number of amides is 1. The van der Waals surface area contributed by atoms with Gasteiger partial charge in [0.1, 0.15) is 15.6 Å². The van der Waals surface area contributed by atoms with Gasteiger partial charge in [-0.05, 0) is 38.0 Å². The zero-order chi connectivity index (χ0) is 23.3. The van der Waals surface area contributed by atoms with Crippen LogP contribution in [0.15, 0.2) is 36.4 Å². The summed E-state index contributed by atoms with van der Waals surface area (Å²) in [6.07, 6.45) is 0. The number of ether oxygens (including phenoxy) is 2. The van der Waals surface area contributed by atoms with Crippen molar-refractivity contribution in [1.82, 2.24) is 9.78 Å². The average molecular weight is 476 g/mol. The van der Waals surface area contributed by atoms with Crippen molar-refractivity contribution >= 4 is 45.8 Å². The van der Waals surface area contributed by atoms with Crippen LogP contribution in [0.3, 0.4) is 0 Å². The number of esters is 2. The molecule has 168 valence electrons. The van der Waals surface area contributed by atoms with E-state index in [1.807, 2.05) is 30.3 Å². The Bertz CT molecular complexity index is 1140. The Kier molecular flexibility index (Phi) is 7.66. The van der Waals surface area contributed by atoms with Crippen molar-refractivity contribution < 1.29 is 23.9 Å². The van der Waals surface area contributed by atoms with Gasteiger partial charge in [-0.25, -0.2) is 14.3 Å². The minimum Gasteiger partial charge on any atom is -0.462 e. The molecule has 0 aliphatic carbocycles. The average Bonchev–Trinajstić information content (AvgIpc) is 3.25. The molecule has 0 radical (unpaired) electrons. The zero-order valence-corrected chi connectivity index (χ0v) is 19.4. The number of benzene rings is 1. The Morgan fingerprint density at radius 2 is 1.84 bits per heavy atom. The molecule has 0 fully saturated rings. The number of nitrogens with zero attached hydrogens (tertiary/aromatic N) is 2. The Balaban J connectivity index is 1.60. The van der Waals surface area contributed by atoms with Crippen LogP contribution in [0.1, 0.15) is 43.8 Å². The number of carbonyl (C=O) groups is 3.